The highest BCUT2D eigenvalue weighted by Gasteiger charge is 2.30. The highest BCUT2D eigenvalue weighted by atomic mass is 35.5. The first-order chi connectivity index (χ1) is 10.6. The third-order valence-corrected chi connectivity index (χ3v) is 3.19. The SMILES string of the molecule is CC(C)[C@H](N)C(=O)NCC(=O)NCc1cccc(C(F)(F)F)c1.Cl. The van der Waals surface area contributed by atoms with Gasteiger partial charge < -0.3 is 16.4 Å². The van der Waals surface area contributed by atoms with Gasteiger partial charge in [-0.2, -0.15) is 13.2 Å². The summed E-state index contributed by atoms with van der Waals surface area (Å²) in [5.41, 5.74) is 5.16. The van der Waals surface area contributed by atoms with Gasteiger partial charge in [-0.25, -0.2) is 0 Å². The Morgan fingerprint density at radius 3 is 2.38 bits per heavy atom. The summed E-state index contributed by atoms with van der Waals surface area (Å²) in [6, 6.07) is 3.95. The van der Waals surface area contributed by atoms with Gasteiger partial charge in [0.05, 0.1) is 18.2 Å². The van der Waals surface area contributed by atoms with E-state index in [9.17, 15) is 22.8 Å². The van der Waals surface area contributed by atoms with Crippen molar-refractivity contribution >= 4 is 24.2 Å². The quantitative estimate of drug-likeness (QED) is 0.717. The maximum atomic E-state index is 12.6. The van der Waals surface area contributed by atoms with E-state index < -0.39 is 29.6 Å². The predicted molar refractivity (Wildman–Crippen MR) is 86.4 cm³/mol. The molecule has 0 aliphatic rings. The van der Waals surface area contributed by atoms with Gasteiger partial charge in [0.2, 0.25) is 11.8 Å². The van der Waals surface area contributed by atoms with Crippen LogP contribution in [0.5, 0.6) is 0 Å². The van der Waals surface area contributed by atoms with Crippen molar-refractivity contribution in [3.8, 4) is 0 Å². The zero-order chi connectivity index (χ0) is 17.6. The van der Waals surface area contributed by atoms with Crippen molar-refractivity contribution in [1.82, 2.24) is 10.6 Å². The number of amides is 2. The van der Waals surface area contributed by atoms with Crippen LogP contribution < -0.4 is 16.4 Å². The first-order valence-corrected chi connectivity index (χ1v) is 7.07. The summed E-state index contributed by atoms with van der Waals surface area (Å²) in [4.78, 5) is 23.2. The lowest BCUT2D eigenvalue weighted by molar-refractivity contribution is -0.137. The van der Waals surface area contributed by atoms with E-state index in [0.29, 0.717) is 5.56 Å². The van der Waals surface area contributed by atoms with Crippen molar-refractivity contribution in [1.29, 1.82) is 0 Å². The van der Waals surface area contributed by atoms with Crippen molar-refractivity contribution < 1.29 is 22.8 Å². The first kappa shape index (κ1) is 22.2. The third kappa shape index (κ3) is 7.18. The maximum Gasteiger partial charge on any atom is 0.416 e. The summed E-state index contributed by atoms with van der Waals surface area (Å²) in [5, 5.41) is 4.82. The van der Waals surface area contributed by atoms with Crippen LogP contribution in [0.3, 0.4) is 0 Å². The number of rotatable bonds is 6. The summed E-state index contributed by atoms with van der Waals surface area (Å²) in [5.74, 6) is -1.02. The van der Waals surface area contributed by atoms with Gasteiger partial charge in [-0.3, -0.25) is 9.59 Å². The minimum atomic E-state index is -4.43. The molecule has 0 bridgehead atoms. The number of carbonyl (C=O) groups excluding carboxylic acids is 2. The summed E-state index contributed by atoms with van der Waals surface area (Å²) < 4.78 is 37.7. The maximum absolute atomic E-state index is 12.6. The molecule has 0 spiro atoms. The van der Waals surface area contributed by atoms with Gasteiger partial charge in [-0.1, -0.05) is 26.0 Å². The summed E-state index contributed by atoms with van der Waals surface area (Å²) in [6.45, 7) is 3.21. The molecule has 5 nitrogen and oxygen atoms in total. The average Bonchev–Trinajstić information content (AvgIpc) is 2.49. The van der Waals surface area contributed by atoms with Gasteiger partial charge >= 0.3 is 6.18 Å². The van der Waals surface area contributed by atoms with Crippen LogP contribution in [0.4, 0.5) is 13.2 Å². The van der Waals surface area contributed by atoms with E-state index in [1.54, 1.807) is 13.8 Å². The number of halogens is 4. The number of carbonyl (C=O) groups is 2. The Morgan fingerprint density at radius 2 is 1.83 bits per heavy atom. The zero-order valence-electron chi connectivity index (χ0n) is 13.3. The molecule has 0 saturated carbocycles. The van der Waals surface area contributed by atoms with Gasteiger partial charge in [-0.15, -0.1) is 12.4 Å². The number of hydrogen-bond donors (Lipinski definition) is 3. The van der Waals surface area contributed by atoms with Gasteiger partial charge in [0.15, 0.2) is 0 Å². The van der Waals surface area contributed by atoms with Gasteiger partial charge in [0.25, 0.3) is 0 Å². The molecule has 0 aromatic heterocycles. The molecule has 136 valence electrons. The lowest BCUT2D eigenvalue weighted by Gasteiger charge is -2.15. The first-order valence-electron chi connectivity index (χ1n) is 7.07. The fraction of sp³-hybridized carbons (Fsp3) is 0.467. The van der Waals surface area contributed by atoms with Crippen molar-refractivity contribution in [3.63, 3.8) is 0 Å². The van der Waals surface area contributed by atoms with Crippen LogP contribution in [0.25, 0.3) is 0 Å². The highest BCUT2D eigenvalue weighted by molar-refractivity contribution is 5.87. The lowest BCUT2D eigenvalue weighted by Crippen LogP contribution is -2.47. The number of alkyl halides is 3. The zero-order valence-corrected chi connectivity index (χ0v) is 14.1. The molecule has 0 radical (unpaired) electrons. The standard InChI is InChI=1S/C15H20F3N3O2.ClH/c1-9(2)13(19)14(23)21-8-12(22)20-7-10-4-3-5-11(6-10)15(16,17)18;/h3-6,9,13H,7-8,19H2,1-2H3,(H,20,22)(H,21,23);1H/t13-;/m0./s1. The molecule has 0 heterocycles. The summed E-state index contributed by atoms with van der Waals surface area (Å²) in [7, 11) is 0. The Kier molecular flexibility index (Phi) is 8.77. The molecule has 0 aliphatic heterocycles. The predicted octanol–water partition coefficient (Wildman–Crippen LogP) is 1.84. The summed E-state index contributed by atoms with van der Waals surface area (Å²) >= 11 is 0. The Hall–Kier alpha value is -1.80. The highest BCUT2D eigenvalue weighted by Crippen LogP contribution is 2.29. The molecule has 2 amide bonds. The second kappa shape index (κ2) is 9.48. The number of benzene rings is 1. The van der Waals surface area contributed by atoms with Crippen molar-refractivity contribution in [3.05, 3.63) is 35.4 Å². The molecule has 1 atom stereocenters. The molecule has 4 N–H and O–H groups in total. The van der Waals surface area contributed by atoms with Crippen LogP contribution in [0.1, 0.15) is 25.0 Å². The van der Waals surface area contributed by atoms with E-state index in [2.05, 4.69) is 10.6 Å². The van der Waals surface area contributed by atoms with Crippen LogP contribution in [0.15, 0.2) is 24.3 Å². The molecular weight excluding hydrogens is 347 g/mol. The van der Waals surface area contributed by atoms with E-state index in [1.807, 2.05) is 0 Å². The molecular formula is C15H21ClF3N3O2. The normalized spacial score (nSPS) is 12.3. The molecule has 1 rings (SSSR count). The second-order valence-electron chi connectivity index (χ2n) is 5.46. The number of hydrogen-bond acceptors (Lipinski definition) is 3. The fourth-order valence-corrected chi connectivity index (χ4v) is 1.71. The lowest BCUT2D eigenvalue weighted by atomic mass is 10.1. The van der Waals surface area contributed by atoms with E-state index >= 15 is 0 Å². The van der Waals surface area contributed by atoms with Crippen molar-refractivity contribution in [2.45, 2.75) is 32.6 Å². The van der Waals surface area contributed by atoms with E-state index in [-0.39, 0.29) is 31.4 Å². The molecule has 1 aromatic carbocycles. The van der Waals surface area contributed by atoms with Gasteiger partial charge in [0.1, 0.15) is 0 Å². The van der Waals surface area contributed by atoms with E-state index in [0.717, 1.165) is 12.1 Å². The van der Waals surface area contributed by atoms with E-state index in [1.165, 1.54) is 12.1 Å². The molecule has 24 heavy (non-hydrogen) atoms. The summed E-state index contributed by atoms with van der Waals surface area (Å²) in [6.07, 6.45) is -4.43. The molecule has 0 saturated heterocycles. The average molecular weight is 368 g/mol. The van der Waals surface area contributed by atoms with Crippen molar-refractivity contribution in [2.75, 3.05) is 6.54 Å². The Balaban J connectivity index is 0.00000529. The van der Waals surface area contributed by atoms with Crippen LogP contribution >= 0.6 is 12.4 Å². The third-order valence-electron chi connectivity index (χ3n) is 3.19. The Morgan fingerprint density at radius 1 is 1.21 bits per heavy atom. The Bertz CT molecular complexity index is 565. The van der Waals surface area contributed by atoms with E-state index in [4.69, 9.17) is 5.73 Å². The van der Waals surface area contributed by atoms with Crippen LogP contribution in [-0.2, 0) is 22.3 Å². The van der Waals surface area contributed by atoms with Crippen LogP contribution in [0.2, 0.25) is 0 Å². The van der Waals surface area contributed by atoms with Gasteiger partial charge in [-0.05, 0) is 23.6 Å². The number of nitrogens with two attached hydrogens (primary N) is 1. The minimum absolute atomic E-state index is 0. The topological polar surface area (TPSA) is 84.2 Å². The minimum Gasteiger partial charge on any atom is -0.350 e. The second-order valence-corrected chi connectivity index (χ2v) is 5.46. The monoisotopic (exact) mass is 367 g/mol. The Labute approximate surface area is 144 Å². The van der Waals surface area contributed by atoms with Gasteiger partial charge in [0, 0.05) is 6.54 Å². The van der Waals surface area contributed by atoms with Crippen LogP contribution in [-0.4, -0.2) is 24.4 Å². The van der Waals surface area contributed by atoms with Crippen LogP contribution in [0, 0.1) is 5.92 Å². The molecule has 0 unspecified atom stereocenters. The van der Waals surface area contributed by atoms with Crippen molar-refractivity contribution in [2.24, 2.45) is 11.7 Å². The molecule has 9 heteroatoms. The largest absolute Gasteiger partial charge is 0.416 e. The molecule has 0 aliphatic carbocycles. The number of nitrogens with one attached hydrogen (secondary N) is 2. The molecule has 1 aromatic rings. The molecule has 0 fully saturated rings. The smallest absolute Gasteiger partial charge is 0.350 e. The fourth-order valence-electron chi connectivity index (χ4n) is 1.71.